The Morgan fingerprint density at radius 2 is 2.25 bits per heavy atom. The SMILES string of the molecule is CC(C)C(C(=O)NN)N1CCCCC1CO. The van der Waals surface area contributed by atoms with Crippen molar-refractivity contribution in [3.8, 4) is 0 Å². The number of aliphatic hydroxyl groups excluding tert-OH is 1. The molecule has 1 aliphatic heterocycles. The lowest BCUT2D eigenvalue weighted by molar-refractivity contribution is -0.130. The summed E-state index contributed by atoms with van der Waals surface area (Å²) in [4.78, 5) is 13.8. The number of aliphatic hydroxyl groups is 1. The van der Waals surface area contributed by atoms with Gasteiger partial charge in [-0.1, -0.05) is 20.3 Å². The van der Waals surface area contributed by atoms with Gasteiger partial charge in [0.1, 0.15) is 0 Å². The lowest BCUT2D eigenvalue weighted by Crippen LogP contribution is -2.57. The summed E-state index contributed by atoms with van der Waals surface area (Å²) in [7, 11) is 0. The van der Waals surface area contributed by atoms with Crippen LogP contribution in [0.5, 0.6) is 0 Å². The van der Waals surface area contributed by atoms with Crippen molar-refractivity contribution < 1.29 is 9.90 Å². The highest BCUT2D eigenvalue weighted by atomic mass is 16.3. The molecule has 0 spiro atoms. The Labute approximate surface area is 97.0 Å². The number of carbonyl (C=O) groups excluding carboxylic acids is 1. The molecule has 1 fully saturated rings. The van der Waals surface area contributed by atoms with Crippen LogP contribution in [0.2, 0.25) is 0 Å². The average molecular weight is 229 g/mol. The van der Waals surface area contributed by atoms with Crippen LogP contribution in [-0.4, -0.2) is 41.1 Å². The van der Waals surface area contributed by atoms with Crippen LogP contribution in [-0.2, 0) is 4.79 Å². The molecular weight excluding hydrogens is 206 g/mol. The number of nitrogens with zero attached hydrogens (tertiary/aromatic N) is 1. The first-order valence-electron chi connectivity index (χ1n) is 5.98. The van der Waals surface area contributed by atoms with Gasteiger partial charge in [0, 0.05) is 6.04 Å². The molecule has 0 aromatic heterocycles. The number of piperidine rings is 1. The summed E-state index contributed by atoms with van der Waals surface area (Å²) < 4.78 is 0. The molecule has 0 saturated carbocycles. The van der Waals surface area contributed by atoms with Gasteiger partial charge in [-0.2, -0.15) is 0 Å². The van der Waals surface area contributed by atoms with Gasteiger partial charge in [-0.05, 0) is 25.3 Å². The maximum atomic E-state index is 11.8. The van der Waals surface area contributed by atoms with Gasteiger partial charge in [0.25, 0.3) is 5.91 Å². The van der Waals surface area contributed by atoms with Gasteiger partial charge < -0.3 is 5.11 Å². The van der Waals surface area contributed by atoms with Crippen molar-refractivity contribution >= 4 is 5.91 Å². The van der Waals surface area contributed by atoms with Crippen LogP contribution in [0.3, 0.4) is 0 Å². The Morgan fingerprint density at radius 3 is 2.75 bits per heavy atom. The second kappa shape index (κ2) is 6.18. The molecule has 0 aromatic carbocycles. The summed E-state index contributed by atoms with van der Waals surface area (Å²) in [6.45, 7) is 4.98. The van der Waals surface area contributed by atoms with Crippen LogP contribution in [0.25, 0.3) is 0 Å². The molecule has 1 amide bonds. The van der Waals surface area contributed by atoms with E-state index < -0.39 is 0 Å². The number of amides is 1. The monoisotopic (exact) mass is 229 g/mol. The van der Waals surface area contributed by atoms with Gasteiger partial charge in [-0.25, -0.2) is 5.84 Å². The van der Waals surface area contributed by atoms with Crippen molar-refractivity contribution in [2.24, 2.45) is 11.8 Å². The topological polar surface area (TPSA) is 78.6 Å². The minimum absolute atomic E-state index is 0.0958. The quantitative estimate of drug-likeness (QED) is 0.356. The van der Waals surface area contributed by atoms with Crippen LogP contribution in [0.15, 0.2) is 0 Å². The molecule has 2 atom stereocenters. The molecule has 0 aromatic rings. The number of nitrogens with two attached hydrogens (primary N) is 1. The Balaban J connectivity index is 2.78. The van der Waals surface area contributed by atoms with Gasteiger partial charge in [-0.15, -0.1) is 0 Å². The largest absolute Gasteiger partial charge is 0.395 e. The van der Waals surface area contributed by atoms with Crippen molar-refractivity contribution in [2.45, 2.75) is 45.2 Å². The van der Waals surface area contributed by atoms with Crippen LogP contribution in [0.4, 0.5) is 0 Å². The van der Waals surface area contributed by atoms with E-state index >= 15 is 0 Å². The Kier molecular flexibility index (Phi) is 5.18. The molecule has 2 unspecified atom stereocenters. The van der Waals surface area contributed by atoms with E-state index in [0.717, 1.165) is 25.8 Å². The normalized spacial score (nSPS) is 24.4. The molecule has 1 aliphatic rings. The highest BCUT2D eigenvalue weighted by molar-refractivity contribution is 5.81. The molecule has 5 heteroatoms. The molecule has 4 N–H and O–H groups in total. The Hall–Kier alpha value is -0.650. The zero-order chi connectivity index (χ0) is 12.1. The van der Waals surface area contributed by atoms with Crippen molar-refractivity contribution in [1.29, 1.82) is 0 Å². The van der Waals surface area contributed by atoms with E-state index in [1.54, 1.807) is 0 Å². The average Bonchev–Trinajstić information content (AvgIpc) is 2.29. The van der Waals surface area contributed by atoms with Gasteiger partial charge in [0.05, 0.1) is 12.6 Å². The maximum absolute atomic E-state index is 11.8. The summed E-state index contributed by atoms with van der Waals surface area (Å²) in [6, 6.07) is -0.138. The zero-order valence-corrected chi connectivity index (χ0v) is 10.1. The first-order chi connectivity index (χ1) is 7.61. The van der Waals surface area contributed by atoms with Crippen molar-refractivity contribution in [1.82, 2.24) is 10.3 Å². The highest BCUT2D eigenvalue weighted by Gasteiger charge is 2.34. The van der Waals surface area contributed by atoms with E-state index in [0.29, 0.717) is 0 Å². The fourth-order valence-electron chi connectivity index (χ4n) is 2.51. The number of rotatable bonds is 4. The van der Waals surface area contributed by atoms with Crippen molar-refractivity contribution in [3.05, 3.63) is 0 Å². The van der Waals surface area contributed by atoms with Crippen LogP contribution >= 0.6 is 0 Å². The Morgan fingerprint density at radius 1 is 1.56 bits per heavy atom. The van der Waals surface area contributed by atoms with Crippen LogP contribution in [0, 0.1) is 5.92 Å². The summed E-state index contributed by atoms with van der Waals surface area (Å²) in [6.07, 6.45) is 3.16. The number of hydrogen-bond acceptors (Lipinski definition) is 4. The number of carbonyl (C=O) groups is 1. The first kappa shape index (κ1) is 13.4. The molecule has 0 bridgehead atoms. The van der Waals surface area contributed by atoms with E-state index in [1.165, 1.54) is 0 Å². The number of hydrogen-bond donors (Lipinski definition) is 3. The molecule has 1 saturated heterocycles. The molecule has 5 nitrogen and oxygen atoms in total. The molecule has 16 heavy (non-hydrogen) atoms. The lowest BCUT2D eigenvalue weighted by atomic mass is 9.94. The lowest BCUT2D eigenvalue weighted by Gasteiger charge is -2.41. The molecule has 0 radical (unpaired) electrons. The molecule has 94 valence electrons. The summed E-state index contributed by atoms with van der Waals surface area (Å²) >= 11 is 0. The summed E-state index contributed by atoms with van der Waals surface area (Å²) in [5, 5.41) is 9.34. The first-order valence-corrected chi connectivity index (χ1v) is 5.98. The number of hydrazine groups is 1. The third kappa shape index (κ3) is 2.93. The molecule has 1 rings (SSSR count). The smallest absolute Gasteiger partial charge is 0.251 e. The molecular formula is C11H23N3O2. The standard InChI is InChI=1S/C11H23N3O2/c1-8(2)10(11(16)13-12)14-6-4-3-5-9(14)7-15/h8-10,15H,3-7,12H2,1-2H3,(H,13,16). The van der Waals surface area contributed by atoms with Crippen molar-refractivity contribution in [3.63, 3.8) is 0 Å². The zero-order valence-electron chi connectivity index (χ0n) is 10.1. The minimum atomic E-state index is -0.234. The molecule has 0 aliphatic carbocycles. The fourth-order valence-corrected chi connectivity index (χ4v) is 2.51. The third-order valence-electron chi connectivity index (χ3n) is 3.28. The maximum Gasteiger partial charge on any atom is 0.251 e. The summed E-state index contributed by atoms with van der Waals surface area (Å²) in [5.74, 6) is 5.25. The van der Waals surface area contributed by atoms with Crippen LogP contribution < -0.4 is 11.3 Å². The van der Waals surface area contributed by atoms with Crippen molar-refractivity contribution in [2.75, 3.05) is 13.2 Å². The van der Waals surface area contributed by atoms with Gasteiger partial charge >= 0.3 is 0 Å². The van der Waals surface area contributed by atoms with Gasteiger partial charge in [0.15, 0.2) is 0 Å². The van der Waals surface area contributed by atoms with E-state index in [1.807, 2.05) is 13.8 Å². The fraction of sp³-hybridized carbons (Fsp3) is 0.909. The van der Waals surface area contributed by atoms with Gasteiger partial charge in [0.2, 0.25) is 0 Å². The second-order valence-corrected chi connectivity index (χ2v) is 4.77. The van der Waals surface area contributed by atoms with Gasteiger partial charge in [-0.3, -0.25) is 15.1 Å². The van der Waals surface area contributed by atoms with Crippen LogP contribution in [0.1, 0.15) is 33.1 Å². The predicted molar refractivity (Wildman–Crippen MR) is 62.4 cm³/mol. The van der Waals surface area contributed by atoms with E-state index in [2.05, 4.69) is 10.3 Å². The highest BCUT2D eigenvalue weighted by Crippen LogP contribution is 2.23. The Bertz CT molecular complexity index is 233. The number of likely N-dealkylation sites (tertiary alicyclic amines) is 1. The minimum Gasteiger partial charge on any atom is -0.395 e. The third-order valence-corrected chi connectivity index (χ3v) is 3.28. The second-order valence-electron chi connectivity index (χ2n) is 4.77. The summed E-state index contributed by atoms with van der Waals surface area (Å²) in [5.41, 5.74) is 2.23. The predicted octanol–water partition coefficient (Wildman–Crippen LogP) is -0.152. The number of nitrogens with one attached hydrogen (secondary N) is 1. The molecule has 1 heterocycles. The van der Waals surface area contributed by atoms with E-state index in [-0.39, 0.29) is 30.5 Å². The van der Waals surface area contributed by atoms with E-state index in [4.69, 9.17) is 5.84 Å². The van der Waals surface area contributed by atoms with E-state index in [9.17, 15) is 9.90 Å².